The molecule has 1 rings (SSSR count). The van der Waals surface area contributed by atoms with Crippen LogP contribution in [0.3, 0.4) is 0 Å². The summed E-state index contributed by atoms with van der Waals surface area (Å²) in [6.45, 7) is 4.03. The lowest BCUT2D eigenvalue weighted by Crippen LogP contribution is -2.34. The van der Waals surface area contributed by atoms with Crippen LogP contribution >= 0.6 is 23.8 Å². The van der Waals surface area contributed by atoms with Crippen molar-refractivity contribution in [2.24, 2.45) is 10.8 Å². The first-order valence-corrected chi connectivity index (χ1v) is 5.89. The van der Waals surface area contributed by atoms with E-state index in [2.05, 4.69) is 9.47 Å². The minimum absolute atomic E-state index is 0.0458. The second kappa shape index (κ2) is 5.88. The smallest absolute Gasteiger partial charge is 0.187 e. The summed E-state index contributed by atoms with van der Waals surface area (Å²) in [7, 11) is 0. The van der Waals surface area contributed by atoms with Crippen LogP contribution in [0.1, 0.15) is 17.5 Å². The Morgan fingerprint density at radius 1 is 1.75 bits per heavy atom. The molecule has 0 aliphatic rings. The molecule has 0 saturated heterocycles. The third-order valence-electron chi connectivity index (χ3n) is 1.82. The van der Waals surface area contributed by atoms with Gasteiger partial charge in [0.05, 0.1) is 29.4 Å². The molecule has 0 aliphatic carbocycles. The molecule has 0 aliphatic heterocycles. The van der Waals surface area contributed by atoms with Crippen molar-refractivity contribution in [2.45, 2.75) is 13.8 Å². The number of thiocarbonyl (C=S) groups is 1. The predicted molar refractivity (Wildman–Crippen MR) is 69.6 cm³/mol. The number of hydrazone groups is 1. The van der Waals surface area contributed by atoms with Crippen molar-refractivity contribution in [3.8, 4) is 0 Å². The molecule has 0 unspecified atom stereocenters. The molecule has 1 aromatic rings. The number of aryl methyl sites for hydroxylation is 1. The van der Waals surface area contributed by atoms with E-state index in [1.165, 1.54) is 16.5 Å². The van der Waals surface area contributed by atoms with Gasteiger partial charge in [-0.25, -0.2) is 5.01 Å². The van der Waals surface area contributed by atoms with E-state index in [1.807, 2.05) is 19.9 Å². The molecule has 7 heteroatoms. The summed E-state index contributed by atoms with van der Waals surface area (Å²) in [6, 6.07) is 1.94. The molecule has 1 heterocycles. The molecule has 1 aromatic heterocycles. The number of aromatic nitrogens is 1. The van der Waals surface area contributed by atoms with Crippen LogP contribution in [0.2, 0.25) is 0 Å². The Morgan fingerprint density at radius 2 is 2.44 bits per heavy atom. The van der Waals surface area contributed by atoms with E-state index in [-0.39, 0.29) is 11.7 Å². The minimum Gasteiger partial charge on any atom is -0.394 e. The number of aliphatic hydroxyl groups is 1. The van der Waals surface area contributed by atoms with Gasteiger partial charge in [-0.3, -0.25) is 0 Å². The number of hydrogen-bond acceptors (Lipinski definition) is 5. The van der Waals surface area contributed by atoms with Crippen LogP contribution in [0, 0.1) is 6.92 Å². The zero-order valence-electron chi connectivity index (χ0n) is 9.17. The number of aliphatic hydroxyl groups excluding tert-OH is 1. The molecule has 16 heavy (non-hydrogen) atoms. The van der Waals surface area contributed by atoms with Crippen molar-refractivity contribution in [2.75, 3.05) is 13.2 Å². The molecule has 0 radical (unpaired) electrons. The monoisotopic (exact) mass is 258 g/mol. The Morgan fingerprint density at radius 3 is 2.88 bits per heavy atom. The van der Waals surface area contributed by atoms with Crippen molar-refractivity contribution >= 4 is 34.6 Å². The van der Waals surface area contributed by atoms with E-state index in [0.717, 1.165) is 16.3 Å². The third kappa shape index (κ3) is 3.51. The first-order valence-electron chi connectivity index (χ1n) is 4.71. The van der Waals surface area contributed by atoms with E-state index in [0.29, 0.717) is 6.54 Å². The molecule has 0 saturated carbocycles. The zero-order valence-corrected chi connectivity index (χ0v) is 10.8. The van der Waals surface area contributed by atoms with E-state index >= 15 is 0 Å². The van der Waals surface area contributed by atoms with Crippen molar-refractivity contribution in [3.05, 3.63) is 16.6 Å². The summed E-state index contributed by atoms with van der Waals surface area (Å²) in [4.78, 5) is 0.969. The van der Waals surface area contributed by atoms with Gasteiger partial charge in [0.1, 0.15) is 0 Å². The summed E-state index contributed by atoms with van der Waals surface area (Å²) < 4.78 is 4.16. The van der Waals surface area contributed by atoms with Crippen molar-refractivity contribution in [3.63, 3.8) is 0 Å². The molecule has 88 valence electrons. The average Bonchev–Trinajstić information content (AvgIpc) is 2.64. The quantitative estimate of drug-likeness (QED) is 0.473. The standard InChI is InChI=1S/C9H14N4OS2/c1-6-5-8(16-12-6)7(2)11-13(3-4-14)9(10)15/h5,14H,3-4H2,1-2H3,(H2,10,15)/b11-7+. The minimum atomic E-state index is -0.0458. The largest absolute Gasteiger partial charge is 0.394 e. The van der Waals surface area contributed by atoms with Crippen LogP contribution in [0.15, 0.2) is 11.2 Å². The van der Waals surface area contributed by atoms with Gasteiger partial charge < -0.3 is 10.8 Å². The Hall–Kier alpha value is -1.05. The van der Waals surface area contributed by atoms with E-state index < -0.39 is 0 Å². The fraction of sp³-hybridized carbons (Fsp3) is 0.444. The molecule has 0 spiro atoms. The molecule has 0 bridgehead atoms. The first-order chi connectivity index (χ1) is 7.54. The topological polar surface area (TPSA) is 74.7 Å². The molecule has 3 N–H and O–H groups in total. The lowest BCUT2D eigenvalue weighted by molar-refractivity contribution is 0.253. The van der Waals surface area contributed by atoms with Gasteiger partial charge in [0.25, 0.3) is 0 Å². The lowest BCUT2D eigenvalue weighted by Gasteiger charge is -2.16. The maximum absolute atomic E-state index is 8.84. The van der Waals surface area contributed by atoms with Gasteiger partial charge in [0, 0.05) is 0 Å². The van der Waals surface area contributed by atoms with Crippen molar-refractivity contribution in [1.29, 1.82) is 0 Å². The van der Waals surface area contributed by atoms with Gasteiger partial charge in [0.15, 0.2) is 5.11 Å². The third-order valence-corrected chi connectivity index (χ3v) is 3.02. The molecule has 0 fully saturated rings. The van der Waals surface area contributed by atoms with Crippen molar-refractivity contribution < 1.29 is 5.11 Å². The molecule has 0 amide bonds. The highest BCUT2D eigenvalue weighted by Crippen LogP contribution is 2.11. The fourth-order valence-corrected chi connectivity index (χ4v) is 1.89. The van der Waals surface area contributed by atoms with Crippen LogP contribution in [-0.2, 0) is 0 Å². The highest BCUT2D eigenvalue weighted by molar-refractivity contribution is 7.80. The number of nitrogens with zero attached hydrogens (tertiary/aromatic N) is 3. The van der Waals surface area contributed by atoms with Crippen molar-refractivity contribution in [1.82, 2.24) is 9.38 Å². The predicted octanol–water partition coefficient (Wildman–Crippen LogP) is 0.713. The van der Waals surface area contributed by atoms with Gasteiger partial charge in [-0.2, -0.15) is 9.47 Å². The second-order valence-corrected chi connectivity index (χ2v) is 4.43. The summed E-state index contributed by atoms with van der Waals surface area (Å²) in [5.74, 6) is 0. The average molecular weight is 258 g/mol. The van der Waals surface area contributed by atoms with Crippen LogP contribution in [-0.4, -0.2) is 38.5 Å². The lowest BCUT2D eigenvalue weighted by atomic mass is 10.3. The normalized spacial score (nSPS) is 11.6. The van der Waals surface area contributed by atoms with E-state index in [1.54, 1.807) is 0 Å². The molecular formula is C9H14N4OS2. The molecular weight excluding hydrogens is 244 g/mol. The Balaban J connectivity index is 2.84. The summed E-state index contributed by atoms with van der Waals surface area (Å²) in [6.07, 6.45) is 0. The Kier molecular flexibility index (Phi) is 4.78. The van der Waals surface area contributed by atoms with Crippen LogP contribution in [0.25, 0.3) is 0 Å². The molecule has 5 nitrogen and oxygen atoms in total. The number of nitrogens with two attached hydrogens (primary N) is 1. The van der Waals surface area contributed by atoms with Crippen LogP contribution in [0.5, 0.6) is 0 Å². The maximum Gasteiger partial charge on any atom is 0.187 e. The van der Waals surface area contributed by atoms with Gasteiger partial charge >= 0.3 is 0 Å². The summed E-state index contributed by atoms with van der Waals surface area (Å²) >= 11 is 6.20. The fourth-order valence-electron chi connectivity index (χ4n) is 1.07. The molecule has 0 atom stereocenters. The number of hydrogen-bond donors (Lipinski definition) is 2. The highest BCUT2D eigenvalue weighted by Gasteiger charge is 2.07. The van der Waals surface area contributed by atoms with Gasteiger partial charge in [-0.15, -0.1) is 0 Å². The maximum atomic E-state index is 8.84. The molecule has 0 aromatic carbocycles. The highest BCUT2D eigenvalue weighted by atomic mass is 32.1. The number of rotatable bonds is 4. The van der Waals surface area contributed by atoms with Gasteiger partial charge in [-0.05, 0) is 43.7 Å². The van der Waals surface area contributed by atoms with Gasteiger partial charge in [-0.1, -0.05) is 0 Å². The SMILES string of the molecule is C/C(=N\N(CCO)C(N)=S)c1cc(C)ns1. The summed E-state index contributed by atoms with van der Waals surface area (Å²) in [5.41, 5.74) is 7.22. The Labute approximate surface area is 104 Å². The summed E-state index contributed by atoms with van der Waals surface area (Å²) in [5, 5.41) is 14.6. The van der Waals surface area contributed by atoms with Crippen LogP contribution in [0.4, 0.5) is 0 Å². The van der Waals surface area contributed by atoms with E-state index in [9.17, 15) is 0 Å². The van der Waals surface area contributed by atoms with E-state index in [4.69, 9.17) is 23.1 Å². The first kappa shape index (κ1) is 13.0. The Bertz CT molecular complexity index is 402. The van der Waals surface area contributed by atoms with Gasteiger partial charge in [0.2, 0.25) is 0 Å². The second-order valence-electron chi connectivity index (χ2n) is 3.20. The van der Waals surface area contributed by atoms with Crippen LogP contribution < -0.4 is 5.73 Å². The zero-order chi connectivity index (χ0) is 12.1.